The third-order valence-corrected chi connectivity index (χ3v) is 2.61. The number of hydrogen-bond donors (Lipinski definition) is 0. The monoisotopic (exact) mass is 295 g/mol. The molecule has 0 spiro atoms. The second-order valence-electron chi connectivity index (χ2n) is 3.81. The molecule has 0 aliphatic rings. The zero-order valence-electron chi connectivity index (χ0n) is 9.88. The van der Waals surface area contributed by atoms with Crippen molar-refractivity contribution in [3.63, 3.8) is 0 Å². The number of nitro benzene ring substituents is 1. The highest BCUT2D eigenvalue weighted by Crippen LogP contribution is 2.34. The zero-order chi connectivity index (χ0) is 14.7. The molecule has 0 radical (unpaired) electrons. The molecule has 0 bridgehead atoms. The molecule has 0 heterocycles. The number of benzene rings is 2. The highest BCUT2D eigenvalue weighted by atomic mass is 35.5. The van der Waals surface area contributed by atoms with E-state index in [1.54, 1.807) is 0 Å². The van der Waals surface area contributed by atoms with Crippen molar-refractivity contribution in [2.75, 3.05) is 0 Å². The Kier molecular flexibility index (Phi) is 3.95. The standard InChI is InChI=1S/C13H7ClFNO4/c14-9-1-2-12(16(18)19)13(5-9)20-11-4-8(7-17)3-10(15)6-11/h1-7H. The van der Waals surface area contributed by atoms with Crippen molar-refractivity contribution in [1.29, 1.82) is 0 Å². The van der Waals surface area contributed by atoms with Crippen molar-refractivity contribution < 1.29 is 18.8 Å². The van der Waals surface area contributed by atoms with Crippen LogP contribution in [0.1, 0.15) is 10.4 Å². The predicted octanol–water partition coefficient (Wildman–Crippen LogP) is 3.99. The van der Waals surface area contributed by atoms with E-state index in [1.165, 1.54) is 24.3 Å². The molecular formula is C13H7ClFNO4. The Hall–Kier alpha value is -2.47. The Morgan fingerprint density at radius 1 is 1.25 bits per heavy atom. The summed E-state index contributed by atoms with van der Waals surface area (Å²) in [6.45, 7) is 0. The van der Waals surface area contributed by atoms with E-state index in [9.17, 15) is 19.3 Å². The summed E-state index contributed by atoms with van der Waals surface area (Å²) in [5, 5.41) is 11.1. The van der Waals surface area contributed by atoms with Crippen molar-refractivity contribution in [3.8, 4) is 11.5 Å². The van der Waals surface area contributed by atoms with Gasteiger partial charge in [-0.25, -0.2) is 4.39 Å². The van der Waals surface area contributed by atoms with E-state index in [0.29, 0.717) is 6.29 Å². The summed E-state index contributed by atoms with van der Waals surface area (Å²) in [5.41, 5.74) is -0.254. The van der Waals surface area contributed by atoms with Gasteiger partial charge in [0, 0.05) is 28.8 Å². The Morgan fingerprint density at radius 2 is 2.00 bits per heavy atom. The summed E-state index contributed by atoms with van der Waals surface area (Å²) in [7, 11) is 0. The topological polar surface area (TPSA) is 69.4 Å². The molecule has 0 aliphatic heterocycles. The first-order valence-corrected chi connectivity index (χ1v) is 5.75. The first kappa shape index (κ1) is 14.0. The molecule has 2 aromatic carbocycles. The Bertz CT molecular complexity index is 690. The fourth-order valence-electron chi connectivity index (χ4n) is 1.56. The second-order valence-corrected chi connectivity index (χ2v) is 4.25. The van der Waals surface area contributed by atoms with Crippen LogP contribution in [0, 0.1) is 15.9 Å². The van der Waals surface area contributed by atoms with E-state index in [2.05, 4.69) is 0 Å². The maximum Gasteiger partial charge on any atom is 0.311 e. The van der Waals surface area contributed by atoms with Crippen molar-refractivity contribution in [2.45, 2.75) is 0 Å². The van der Waals surface area contributed by atoms with Crippen LogP contribution in [0.5, 0.6) is 11.5 Å². The van der Waals surface area contributed by atoms with Crippen LogP contribution < -0.4 is 4.74 Å². The van der Waals surface area contributed by atoms with Crippen LogP contribution in [0.15, 0.2) is 36.4 Å². The van der Waals surface area contributed by atoms with Gasteiger partial charge in [0.15, 0.2) is 0 Å². The number of aldehydes is 1. The van der Waals surface area contributed by atoms with Gasteiger partial charge >= 0.3 is 5.69 Å². The predicted molar refractivity (Wildman–Crippen MR) is 70.0 cm³/mol. The first-order valence-electron chi connectivity index (χ1n) is 5.37. The smallest absolute Gasteiger partial charge is 0.311 e. The summed E-state index contributed by atoms with van der Waals surface area (Å²) in [4.78, 5) is 20.9. The molecule has 102 valence electrons. The first-order chi connectivity index (χ1) is 9.49. The quantitative estimate of drug-likeness (QED) is 0.486. The molecule has 2 rings (SSSR count). The molecule has 0 amide bonds. The van der Waals surface area contributed by atoms with Gasteiger partial charge in [-0.05, 0) is 18.2 Å². The van der Waals surface area contributed by atoms with Gasteiger partial charge in [0.2, 0.25) is 5.75 Å². The van der Waals surface area contributed by atoms with Crippen molar-refractivity contribution in [3.05, 3.63) is 62.9 Å². The highest BCUT2D eigenvalue weighted by Gasteiger charge is 2.16. The largest absolute Gasteiger partial charge is 0.450 e. The molecular weight excluding hydrogens is 289 g/mol. The maximum absolute atomic E-state index is 13.3. The van der Waals surface area contributed by atoms with E-state index in [0.717, 1.165) is 12.1 Å². The van der Waals surface area contributed by atoms with Gasteiger partial charge < -0.3 is 4.74 Å². The van der Waals surface area contributed by atoms with E-state index in [1.807, 2.05) is 0 Å². The van der Waals surface area contributed by atoms with Gasteiger partial charge in [-0.15, -0.1) is 0 Å². The minimum atomic E-state index is -0.686. The lowest BCUT2D eigenvalue weighted by Crippen LogP contribution is -1.94. The van der Waals surface area contributed by atoms with Crippen LogP contribution in [0.2, 0.25) is 5.02 Å². The van der Waals surface area contributed by atoms with Crippen LogP contribution in [0.25, 0.3) is 0 Å². The molecule has 7 heteroatoms. The summed E-state index contributed by atoms with van der Waals surface area (Å²) >= 11 is 5.74. The number of carbonyl (C=O) groups excluding carboxylic acids is 1. The van der Waals surface area contributed by atoms with Crippen LogP contribution >= 0.6 is 11.6 Å². The van der Waals surface area contributed by atoms with E-state index < -0.39 is 10.7 Å². The Balaban J connectivity index is 2.43. The van der Waals surface area contributed by atoms with Crippen molar-refractivity contribution in [2.24, 2.45) is 0 Å². The fraction of sp³-hybridized carbons (Fsp3) is 0. The van der Waals surface area contributed by atoms with E-state index in [-0.39, 0.29) is 27.8 Å². The fourth-order valence-corrected chi connectivity index (χ4v) is 1.72. The second kappa shape index (κ2) is 5.66. The summed E-state index contributed by atoms with van der Waals surface area (Å²) < 4.78 is 18.5. The number of carbonyl (C=O) groups is 1. The van der Waals surface area contributed by atoms with Gasteiger partial charge in [0.25, 0.3) is 0 Å². The third-order valence-electron chi connectivity index (χ3n) is 2.38. The molecule has 0 fully saturated rings. The normalized spacial score (nSPS) is 10.1. The zero-order valence-corrected chi connectivity index (χ0v) is 10.6. The lowest BCUT2D eigenvalue weighted by atomic mass is 10.2. The van der Waals surface area contributed by atoms with Gasteiger partial charge in [0.1, 0.15) is 17.9 Å². The third kappa shape index (κ3) is 3.10. The lowest BCUT2D eigenvalue weighted by Gasteiger charge is -2.07. The molecule has 0 atom stereocenters. The number of nitro groups is 1. The number of nitrogens with zero attached hydrogens (tertiary/aromatic N) is 1. The van der Waals surface area contributed by atoms with Gasteiger partial charge in [-0.3, -0.25) is 14.9 Å². The minimum Gasteiger partial charge on any atom is -0.450 e. The van der Waals surface area contributed by atoms with Gasteiger partial charge in [-0.1, -0.05) is 11.6 Å². The lowest BCUT2D eigenvalue weighted by molar-refractivity contribution is -0.385. The Labute approximate surface area is 117 Å². The number of ether oxygens (including phenoxy) is 1. The summed E-state index contributed by atoms with van der Waals surface area (Å²) in [5.74, 6) is -0.850. The summed E-state index contributed by atoms with van der Waals surface area (Å²) in [6.07, 6.45) is 0.447. The summed E-state index contributed by atoms with van der Waals surface area (Å²) in [6, 6.07) is 7.06. The van der Waals surface area contributed by atoms with Crippen LogP contribution in [0.3, 0.4) is 0 Å². The molecule has 0 aliphatic carbocycles. The molecule has 0 N–H and O–H groups in total. The van der Waals surface area contributed by atoms with E-state index in [4.69, 9.17) is 16.3 Å². The van der Waals surface area contributed by atoms with Gasteiger partial charge in [-0.2, -0.15) is 0 Å². The van der Waals surface area contributed by atoms with Crippen molar-refractivity contribution in [1.82, 2.24) is 0 Å². The van der Waals surface area contributed by atoms with Crippen molar-refractivity contribution >= 4 is 23.6 Å². The van der Waals surface area contributed by atoms with Gasteiger partial charge in [0.05, 0.1) is 4.92 Å². The van der Waals surface area contributed by atoms with Crippen LogP contribution in [0.4, 0.5) is 10.1 Å². The van der Waals surface area contributed by atoms with Crippen LogP contribution in [-0.4, -0.2) is 11.2 Å². The molecule has 20 heavy (non-hydrogen) atoms. The minimum absolute atomic E-state index is 0.0301. The SMILES string of the molecule is O=Cc1cc(F)cc(Oc2cc(Cl)ccc2[N+](=O)[O-])c1. The average molecular weight is 296 g/mol. The maximum atomic E-state index is 13.3. The molecule has 0 saturated carbocycles. The number of halogens is 2. The molecule has 5 nitrogen and oxygen atoms in total. The van der Waals surface area contributed by atoms with E-state index >= 15 is 0 Å². The highest BCUT2D eigenvalue weighted by molar-refractivity contribution is 6.30. The van der Waals surface area contributed by atoms with Crippen LogP contribution in [-0.2, 0) is 0 Å². The Morgan fingerprint density at radius 3 is 2.65 bits per heavy atom. The number of rotatable bonds is 4. The average Bonchev–Trinajstić information content (AvgIpc) is 2.37. The number of hydrogen-bond acceptors (Lipinski definition) is 4. The molecule has 0 unspecified atom stereocenters. The molecule has 0 aromatic heterocycles. The molecule has 0 saturated heterocycles. The molecule has 2 aromatic rings.